The lowest BCUT2D eigenvalue weighted by atomic mass is 10.1. The number of aryl methyl sites for hydroxylation is 1. The monoisotopic (exact) mass is 489 g/mol. The van der Waals surface area contributed by atoms with Crippen molar-refractivity contribution in [3.05, 3.63) is 42.5 Å². The van der Waals surface area contributed by atoms with E-state index in [9.17, 15) is 9.90 Å². The largest absolute Gasteiger partial charge is 0.465 e. The maximum atomic E-state index is 11.3. The fourth-order valence-electron chi connectivity index (χ4n) is 4.97. The molecule has 6 rings (SSSR count). The molecule has 2 fully saturated rings. The molecule has 1 unspecified atom stereocenters. The van der Waals surface area contributed by atoms with Gasteiger partial charge in [0.15, 0.2) is 6.23 Å². The van der Waals surface area contributed by atoms with Gasteiger partial charge in [0.25, 0.3) is 0 Å². The van der Waals surface area contributed by atoms with Crippen LogP contribution in [0.15, 0.2) is 36.9 Å². The number of benzene rings is 1. The highest BCUT2D eigenvalue weighted by atomic mass is 16.5. The van der Waals surface area contributed by atoms with Crippen LogP contribution < -0.4 is 9.64 Å². The van der Waals surface area contributed by atoms with Gasteiger partial charge in [-0.1, -0.05) is 6.07 Å². The SMILES string of the molecule is Cc1ccc2c(cnn2C2CCCCO2)c1Oc1nccc2c(N3CCN(C(=O)O)CC3)ncnc12. The predicted octanol–water partition coefficient (Wildman–Crippen LogP) is 3.97. The summed E-state index contributed by atoms with van der Waals surface area (Å²) in [5, 5.41) is 15.6. The first-order valence-corrected chi connectivity index (χ1v) is 12.2. The van der Waals surface area contributed by atoms with Gasteiger partial charge in [-0.05, 0) is 43.9 Å². The zero-order valence-corrected chi connectivity index (χ0v) is 20.0. The van der Waals surface area contributed by atoms with Crippen LogP contribution in [0.2, 0.25) is 0 Å². The topological polar surface area (TPSA) is 119 Å². The molecule has 0 saturated carbocycles. The molecule has 2 aliphatic heterocycles. The van der Waals surface area contributed by atoms with E-state index < -0.39 is 6.09 Å². The van der Waals surface area contributed by atoms with Crippen LogP contribution in [0.25, 0.3) is 21.8 Å². The minimum atomic E-state index is -0.898. The normalized spacial score (nSPS) is 18.6. The Kier molecular flexibility index (Phi) is 5.76. The molecule has 0 radical (unpaired) electrons. The van der Waals surface area contributed by atoms with Gasteiger partial charge >= 0.3 is 6.09 Å². The van der Waals surface area contributed by atoms with Crippen LogP contribution in [0.3, 0.4) is 0 Å². The van der Waals surface area contributed by atoms with Gasteiger partial charge in [-0.25, -0.2) is 24.4 Å². The summed E-state index contributed by atoms with van der Waals surface area (Å²) in [6.07, 6.45) is 7.18. The molecule has 2 saturated heterocycles. The number of aromatic nitrogens is 5. The smallest absolute Gasteiger partial charge is 0.407 e. The third-order valence-corrected chi connectivity index (χ3v) is 6.90. The van der Waals surface area contributed by atoms with Crippen LogP contribution in [0.4, 0.5) is 10.6 Å². The number of piperazine rings is 1. The highest BCUT2D eigenvalue weighted by Crippen LogP contribution is 2.37. The summed E-state index contributed by atoms with van der Waals surface area (Å²) in [4.78, 5) is 28.3. The molecule has 3 aromatic heterocycles. The third kappa shape index (κ3) is 3.95. The quantitative estimate of drug-likeness (QED) is 0.454. The molecule has 1 aromatic carbocycles. The number of amides is 1. The van der Waals surface area contributed by atoms with E-state index >= 15 is 0 Å². The molecule has 4 aromatic rings. The second-order valence-electron chi connectivity index (χ2n) is 9.12. The van der Waals surface area contributed by atoms with Crippen LogP contribution in [-0.2, 0) is 4.74 Å². The molecular formula is C25H27N7O4. The first-order valence-electron chi connectivity index (χ1n) is 12.2. The lowest BCUT2D eigenvalue weighted by molar-refractivity contribution is -0.0366. The van der Waals surface area contributed by atoms with E-state index in [1.807, 2.05) is 29.9 Å². The summed E-state index contributed by atoms with van der Waals surface area (Å²) in [5.74, 6) is 1.82. The minimum absolute atomic E-state index is 0.0700. The molecule has 1 N–H and O–H groups in total. The summed E-state index contributed by atoms with van der Waals surface area (Å²) in [5.41, 5.74) is 2.52. The Morgan fingerprint density at radius 3 is 2.72 bits per heavy atom. The van der Waals surface area contributed by atoms with E-state index in [1.165, 1.54) is 11.2 Å². The maximum Gasteiger partial charge on any atom is 0.407 e. The minimum Gasteiger partial charge on any atom is -0.465 e. The molecule has 0 bridgehead atoms. The standard InChI is InChI=1S/C25H27N7O4/c1-16-5-6-19-18(14-29-32(19)20-4-2-3-13-35-20)22(16)36-24-21-17(7-8-26-24)23(28-15-27-21)30-9-11-31(12-10-30)25(33)34/h5-8,14-15,20H,2-4,9-13H2,1H3,(H,33,34). The van der Waals surface area contributed by atoms with E-state index in [0.717, 1.165) is 53.5 Å². The maximum absolute atomic E-state index is 11.3. The van der Waals surface area contributed by atoms with E-state index in [-0.39, 0.29) is 6.23 Å². The van der Waals surface area contributed by atoms with Gasteiger partial charge in [0.05, 0.1) is 17.1 Å². The Morgan fingerprint density at radius 1 is 1.08 bits per heavy atom. The van der Waals surface area contributed by atoms with E-state index in [4.69, 9.17) is 9.47 Å². The van der Waals surface area contributed by atoms with Crippen LogP contribution in [0.1, 0.15) is 31.1 Å². The second-order valence-corrected chi connectivity index (χ2v) is 9.12. The van der Waals surface area contributed by atoms with Crippen molar-refractivity contribution in [1.29, 1.82) is 0 Å². The number of pyridine rings is 1. The molecular weight excluding hydrogens is 462 g/mol. The molecule has 0 aliphatic carbocycles. The number of hydrogen-bond donors (Lipinski definition) is 1. The number of ether oxygens (including phenoxy) is 2. The lowest BCUT2D eigenvalue weighted by Crippen LogP contribution is -2.48. The summed E-state index contributed by atoms with van der Waals surface area (Å²) < 4.78 is 14.3. The van der Waals surface area contributed by atoms with Gasteiger partial charge in [-0.3, -0.25) is 0 Å². The van der Waals surface area contributed by atoms with Crippen molar-refractivity contribution in [1.82, 2.24) is 29.6 Å². The van der Waals surface area contributed by atoms with E-state index in [0.29, 0.717) is 43.3 Å². The Morgan fingerprint density at radius 2 is 1.94 bits per heavy atom. The molecule has 1 amide bonds. The fourth-order valence-corrected chi connectivity index (χ4v) is 4.97. The average molecular weight is 490 g/mol. The van der Waals surface area contributed by atoms with E-state index in [1.54, 1.807) is 6.20 Å². The summed E-state index contributed by atoms with van der Waals surface area (Å²) in [7, 11) is 0. The van der Waals surface area contributed by atoms with Gasteiger partial charge in [-0.15, -0.1) is 0 Å². The summed E-state index contributed by atoms with van der Waals surface area (Å²) >= 11 is 0. The highest BCUT2D eigenvalue weighted by Gasteiger charge is 2.24. The van der Waals surface area contributed by atoms with Crippen molar-refractivity contribution >= 4 is 33.7 Å². The predicted molar refractivity (Wildman–Crippen MR) is 133 cm³/mol. The number of hydrogen-bond acceptors (Lipinski definition) is 8. The number of rotatable bonds is 4. The number of fused-ring (bicyclic) bond motifs is 2. The number of anilines is 1. The van der Waals surface area contributed by atoms with Crippen LogP contribution >= 0.6 is 0 Å². The average Bonchev–Trinajstić information content (AvgIpc) is 3.35. The molecule has 11 nitrogen and oxygen atoms in total. The van der Waals surface area contributed by atoms with Crippen molar-refractivity contribution in [2.45, 2.75) is 32.4 Å². The number of carbonyl (C=O) groups is 1. The molecule has 186 valence electrons. The summed E-state index contributed by atoms with van der Waals surface area (Å²) in [6.45, 7) is 4.69. The van der Waals surface area contributed by atoms with Crippen LogP contribution in [0, 0.1) is 6.92 Å². The van der Waals surface area contributed by atoms with E-state index in [2.05, 4.69) is 31.0 Å². The Balaban J connectivity index is 1.35. The van der Waals surface area contributed by atoms with Crippen molar-refractivity contribution in [3.8, 4) is 11.6 Å². The zero-order valence-electron chi connectivity index (χ0n) is 20.0. The second kappa shape index (κ2) is 9.23. The zero-order chi connectivity index (χ0) is 24.6. The molecule has 0 spiro atoms. The Hall–Kier alpha value is -3.99. The van der Waals surface area contributed by atoms with Gasteiger partial charge in [0.2, 0.25) is 5.88 Å². The van der Waals surface area contributed by atoms with Crippen molar-refractivity contribution in [3.63, 3.8) is 0 Å². The van der Waals surface area contributed by atoms with Gasteiger partial charge < -0.3 is 24.4 Å². The van der Waals surface area contributed by atoms with Crippen molar-refractivity contribution in [2.24, 2.45) is 0 Å². The fraction of sp³-hybridized carbons (Fsp3) is 0.400. The molecule has 1 atom stereocenters. The molecule has 5 heterocycles. The van der Waals surface area contributed by atoms with Gasteiger partial charge in [0, 0.05) is 44.4 Å². The Labute approximate surface area is 207 Å². The molecule has 2 aliphatic rings. The van der Waals surface area contributed by atoms with Crippen molar-refractivity contribution < 1.29 is 19.4 Å². The number of carboxylic acid groups (broad SMARTS) is 1. The number of nitrogens with zero attached hydrogens (tertiary/aromatic N) is 7. The third-order valence-electron chi connectivity index (χ3n) is 6.90. The van der Waals surface area contributed by atoms with Gasteiger partial charge in [0.1, 0.15) is 23.4 Å². The molecule has 36 heavy (non-hydrogen) atoms. The van der Waals surface area contributed by atoms with Crippen LogP contribution in [-0.4, -0.2) is 73.6 Å². The van der Waals surface area contributed by atoms with Crippen molar-refractivity contribution in [2.75, 3.05) is 37.7 Å². The Bertz CT molecular complexity index is 1420. The molecule has 11 heteroatoms. The lowest BCUT2D eigenvalue weighted by Gasteiger charge is -2.34. The first kappa shape index (κ1) is 22.5. The highest BCUT2D eigenvalue weighted by molar-refractivity contribution is 5.93. The van der Waals surface area contributed by atoms with Crippen LogP contribution in [0.5, 0.6) is 11.6 Å². The summed E-state index contributed by atoms with van der Waals surface area (Å²) in [6, 6.07) is 5.94. The first-order chi connectivity index (χ1) is 17.6. The van der Waals surface area contributed by atoms with Gasteiger partial charge in [-0.2, -0.15) is 5.10 Å².